The van der Waals surface area contributed by atoms with Gasteiger partial charge in [-0.25, -0.2) is 0 Å². The van der Waals surface area contributed by atoms with E-state index in [2.05, 4.69) is 46.3 Å². The lowest BCUT2D eigenvalue weighted by Gasteiger charge is -2.26. The van der Waals surface area contributed by atoms with Gasteiger partial charge in [-0.3, -0.25) is 9.88 Å². The Morgan fingerprint density at radius 1 is 0.917 bits per heavy atom. The molecule has 128 valence electrons. The van der Waals surface area contributed by atoms with Crippen LogP contribution in [0.2, 0.25) is 0 Å². The minimum Gasteiger partial charge on any atom is -0.379 e. The van der Waals surface area contributed by atoms with Crippen LogP contribution in [0.3, 0.4) is 0 Å². The van der Waals surface area contributed by atoms with E-state index in [1.165, 1.54) is 43.4 Å². The van der Waals surface area contributed by atoms with Gasteiger partial charge in [0.15, 0.2) is 0 Å². The summed E-state index contributed by atoms with van der Waals surface area (Å²) >= 11 is 0. The van der Waals surface area contributed by atoms with Crippen molar-refractivity contribution in [3.05, 3.63) is 66.0 Å². The highest BCUT2D eigenvalue weighted by atomic mass is 16.5. The van der Waals surface area contributed by atoms with Crippen molar-refractivity contribution >= 4 is 0 Å². The van der Waals surface area contributed by atoms with Crippen molar-refractivity contribution < 1.29 is 4.74 Å². The zero-order valence-electron chi connectivity index (χ0n) is 14.4. The summed E-state index contributed by atoms with van der Waals surface area (Å²) in [6.45, 7) is 5.21. The van der Waals surface area contributed by atoms with Crippen LogP contribution < -0.4 is 0 Å². The van der Waals surface area contributed by atoms with Gasteiger partial charge in [0.2, 0.25) is 0 Å². The first-order valence-electron chi connectivity index (χ1n) is 9.18. The summed E-state index contributed by atoms with van der Waals surface area (Å²) in [4.78, 5) is 6.85. The van der Waals surface area contributed by atoms with E-state index in [0.29, 0.717) is 5.92 Å². The molecule has 1 fully saturated rings. The number of unbranched alkanes of at least 4 members (excludes halogenated alkanes) is 2. The summed E-state index contributed by atoms with van der Waals surface area (Å²) in [5.41, 5.74) is 2.73. The fourth-order valence-electron chi connectivity index (χ4n) is 3.48. The van der Waals surface area contributed by atoms with E-state index in [-0.39, 0.29) is 0 Å². The molecule has 0 spiro atoms. The molecule has 0 saturated carbocycles. The Kier molecular flexibility index (Phi) is 6.82. The lowest BCUT2D eigenvalue weighted by atomic mass is 9.88. The summed E-state index contributed by atoms with van der Waals surface area (Å²) in [5.74, 6) is 0.461. The molecule has 1 aromatic heterocycles. The summed E-state index contributed by atoms with van der Waals surface area (Å²) in [6.07, 6.45) is 8.91. The maximum atomic E-state index is 5.41. The van der Waals surface area contributed by atoms with Crippen molar-refractivity contribution in [3.8, 4) is 0 Å². The summed E-state index contributed by atoms with van der Waals surface area (Å²) < 4.78 is 5.41. The minimum atomic E-state index is 0.461. The Hall–Kier alpha value is -1.71. The van der Waals surface area contributed by atoms with Gasteiger partial charge in [-0.05, 0) is 36.6 Å². The van der Waals surface area contributed by atoms with E-state index >= 15 is 0 Å². The number of benzene rings is 1. The van der Waals surface area contributed by atoms with Crippen molar-refractivity contribution in [2.75, 3.05) is 32.8 Å². The van der Waals surface area contributed by atoms with E-state index < -0.39 is 0 Å². The van der Waals surface area contributed by atoms with Crippen molar-refractivity contribution in [1.29, 1.82) is 0 Å². The maximum Gasteiger partial charge on any atom is 0.0594 e. The van der Waals surface area contributed by atoms with Gasteiger partial charge >= 0.3 is 0 Å². The summed E-state index contributed by atoms with van der Waals surface area (Å²) in [5, 5.41) is 0. The third kappa shape index (κ3) is 5.15. The van der Waals surface area contributed by atoms with Crippen LogP contribution in [0.5, 0.6) is 0 Å². The third-order valence-electron chi connectivity index (χ3n) is 4.86. The van der Waals surface area contributed by atoms with Gasteiger partial charge in [-0.15, -0.1) is 0 Å². The molecule has 3 heteroatoms. The Labute approximate surface area is 145 Å². The second-order valence-electron chi connectivity index (χ2n) is 6.55. The second-order valence-corrected chi connectivity index (χ2v) is 6.55. The topological polar surface area (TPSA) is 25.4 Å². The van der Waals surface area contributed by atoms with Crippen LogP contribution in [0.25, 0.3) is 0 Å². The Morgan fingerprint density at radius 2 is 1.71 bits per heavy atom. The fourth-order valence-corrected chi connectivity index (χ4v) is 3.48. The van der Waals surface area contributed by atoms with Crippen LogP contribution in [0.1, 0.15) is 42.7 Å². The second kappa shape index (κ2) is 9.55. The molecule has 2 aromatic rings. The molecule has 0 amide bonds. The average Bonchev–Trinajstić information content (AvgIpc) is 2.67. The van der Waals surface area contributed by atoms with Gasteiger partial charge in [0.1, 0.15) is 0 Å². The van der Waals surface area contributed by atoms with Crippen LogP contribution in [0.15, 0.2) is 54.9 Å². The number of aromatic nitrogens is 1. The lowest BCUT2D eigenvalue weighted by Crippen LogP contribution is -2.36. The molecule has 2 heterocycles. The molecule has 1 aliphatic rings. The molecular formula is C21H28N2O. The average molecular weight is 324 g/mol. The molecule has 1 saturated heterocycles. The van der Waals surface area contributed by atoms with E-state index in [9.17, 15) is 0 Å². The Morgan fingerprint density at radius 3 is 2.46 bits per heavy atom. The van der Waals surface area contributed by atoms with Crippen LogP contribution in [-0.2, 0) is 4.74 Å². The van der Waals surface area contributed by atoms with E-state index in [0.717, 1.165) is 26.3 Å². The smallest absolute Gasteiger partial charge is 0.0594 e. The predicted octanol–water partition coefficient (Wildman–Crippen LogP) is 4.11. The molecule has 3 rings (SSSR count). The van der Waals surface area contributed by atoms with Gasteiger partial charge in [0.05, 0.1) is 13.2 Å². The quantitative estimate of drug-likeness (QED) is 0.683. The highest BCUT2D eigenvalue weighted by molar-refractivity contribution is 5.30. The fraction of sp³-hybridized carbons (Fsp3) is 0.476. The molecule has 0 radical (unpaired) electrons. The zero-order chi connectivity index (χ0) is 16.5. The molecule has 0 aliphatic carbocycles. The summed E-state index contributed by atoms with van der Waals surface area (Å²) in [6, 6.07) is 15.1. The summed E-state index contributed by atoms with van der Waals surface area (Å²) in [7, 11) is 0. The largest absolute Gasteiger partial charge is 0.379 e. The molecule has 1 atom stereocenters. The van der Waals surface area contributed by atoms with Gasteiger partial charge in [0.25, 0.3) is 0 Å². The van der Waals surface area contributed by atoms with Crippen molar-refractivity contribution in [2.24, 2.45) is 0 Å². The number of pyridine rings is 1. The highest BCUT2D eigenvalue weighted by Crippen LogP contribution is 2.29. The predicted molar refractivity (Wildman–Crippen MR) is 98.2 cm³/mol. The maximum absolute atomic E-state index is 5.41. The normalized spacial score (nSPS) is 16.8. The van der Waals surface area contributed by atoms with Crippen LogP contribution in [0.4, 0.5) is 0 Å². The Bertz CT molecular complexity index is 527. The molecule has 1 aromatic carbocycles. The first kappa shape index (κ1) is 17.1. The number of hydrogen-bond acceptors (Lipinski definition) is 3. The van der Waals surface area contributed by atoms with Crippen LogP contribution >= 0.6 is 0 Å². The molecular weight excluding hydrogens is 296 g/mol. The number of morpholine rings is 1. The van der Waals surface area contributed by atoms with Crippen LogP contribution in [-0.4, -0.2) is 42.7 Å². The van der Waals surface area contributed by atoms with Gasteiger partial charge in [0, 0.05) is 31.4 Å². The monoisotopic (exact) mass is 324 g/mol. The number of rotatable bonds is 8. The minimum absolute atomic E-state index is 0.461. The van der Waals surface area contributed by atoms with E-state index in [4.69, 9.17) is 4.74 Å². The molecule has 1 aliphatic heterocycles. The molecule has 24 heavy (non-hydrogen) atoms. The van der Waals surface area contributed by atoms with E-state index in [1.54, 1.807) is 0 Å². The molecule has 0 N–H and O–H groups in total. The number of nitrogens with zero attached hydrogens (tertiary/aromatic N) is 2. The molecule has 0 bridgehead atoms. The van der Waals surface area contributed by atoms with Gasteiger partial charge in [-0.1, -0.05) is 49.2 Å². The molecule has 3 nitrogen and oxygen atoms in total. The van der Waals surface area contributed by atoms with Crippen molar-refractivity contribution in [3.63, 3.8) is 0 Å². The first-order valence-corrected chi connectivity index (χ1v) is 9.18. The van der Waals surface area contributed by atoms with Gasteiger partial charge < -0.3 is 4.74 Å². The SMILES string of the molecule is c1ccc(C(CCCCCN2CCOCC2)c2cccnc2)cc1. The number of hydrogen-bond donors (Lipinski definition) is 0. The highest BCUT2D eigenvalue weighted by Gasteiger charge is 2.14. The Balaban J connectivity index is 1.49. The van der Waals surface area contributed by atoms with Crippen molar-refractivity contribution in [2.45, 2.75) is 31.6 Å². The van der Waals surface area contributed by atoms with Crippen molar-refractivity contribution in [1.82, 2.24) is 9.88 Å². The lowest BCUT2D eigenvalue weighted by molar-refractivity contribution is 0.0371. The first-order chi connectivity index (χ1) is 11.9. The molecule has 1 unspecified atom stereocenters. The third-order valence-corrected chi connectivity index (χ3v) is 4.86. The van der Waals surface area contributed by atoms with Gasteiger partial charge in [-0.2, -0.15) is 0 Å². The van der Waals surface area contributed by atoms with E-state index in [1.807, 2.05) is 18.5 Å². The number of ether oxygens (including phenoxy) is 1. The zero-order valence-corrected chi connectivity index (χ0v) is 14.4. The van der Waals surface area contributed by atoms with Crippen LogP contribution in [0, 0.1) is 0 Å². The standard InChI is InChI=1S/C21H28N2O/c1-3-8-19(9-4-1)21(20-10-7-12-22-18-20)11-5-2-6-13-23-14-16-24-17-15-23/h1,3-4,7-10,12,18,21H,2,5-6,11,13-17H2.